The smallest absolute Gasteiger partial charge is 0.113 e. The average Bonchev–Trinajstić information content (AvgIpc) is 3.18. The van der Waals surface area contributed by atoms with Crippen LogP contribution in [0.4, 0.5) is 4.39 Å². The van der Waals surface area contributed by atoms with Gasteiger partial charge in [-0.15, -0.1) is 0 Å². The molecule has 2 bridgehead atoms. The van der Waals surface area contributed by atoms with Crippen LogP contribution in [0.3, 0.4) is 0 Å². The molecule has 5 heterocycles. The number of fused-ring (bicyclic) bond motifs is 5. The molecule has 0 radical (unpaired) electrons. The van der Waals surface area contributed by atoms with Crippen LogP contribution >= 0.6 is 0 Å². The van der Waals surface area contributed by atoms with Gasteiger partial charge in [0.2, 0.25) is 0 Å². The summed E-state index contributed by atoms with van der Waals surface area (Å²) in [7, 11) is 0. The van der Waals surface area contributed by atoms with Gasteiger partial charge < -0.3 is 5.32 Å². The number of rotatable bonds is 0. The first kappa shape index (κ1) is 19.6. The number of nitrogens with one attached hydrogen (secondary N) is 5. The number of hydrogen-bond acceptors (Lipinski definition) is 6. The SMILES string of the molecule is C[C@@H]1CCCC2NCC(F)CC2[C@H]2CCCN2C2CCC3NCNC(N1)C3N2. The maximum atomic E-state index is 14.4. The van der Waals surface area contributed by atoms with Gasteiger partial charge in [0.25, 0.3) is 0 Å². The molecule has 0 aromatic rings. The van der Waals surface area contributed by atoms with E-state index in [1.54, 1.807) is 0 Å². The van der Waals surface area contributed by atoms with E-state index < -0.39 is 6.17 Å². The highest BCUT2D eigenvalue weighted by Crippen LogP contribution is 2.36. The summed E-state index contributed by atoms with van der Waals surface area (Å²) < 4.78 is 14.4. The molecule has 5 aliphatic rings. The Morgan fingerprint density at radius 3 is 2.75 bits per heavy atom. The molecule has 5 aliphatic heterocycles. The largest absolute Gasteiger partial charge is 0.311 e. The van der Waals surface area contributed by atoms with Crippen LogP contribution in [0.2, 0.25) is 0 Å². The monoisotopic (exact) mass is 394 g/mol. The van der Waals surface area contributed by atoms with E-state index in [0.717, 1.165) is 19.6 Å². The van der Waals surface area contributed by atoms with E-state index in [-0.39, 0.29) is 0 Å². The topological polar surface area (TPSA) is 63.4 Å². The first-order valence-electron chi connectivity index (χ1n) is 11.8. The number of halogens is 1. The minimum Gasteiger partial charge on any atom is -0.311 e. The summed E-state index contributed by atoms with van der Waals surface area (Å²) in [5, 5.41) is 18.8. The van der Waals surface area contributed by atoms with E-state index in [1.807, 2.05) is 0 Å². The highest BCUT2D eigenvalue weighted by Gasteiger charge is 2.46. The highest BCUT2D eigenvalue weighted by molar-refractivity contribution is 5.03. The standard InChI is InChI=1S/C21H39FN6/c1-13-4-2-5-16-15(10-14(22)11-23-16)18-6-3-9-28(18)19-8-7-17-20(27-19)21(26-13)25-12-24-17/h13-21,23-27H,2-12H2,1H3/t13-,14?,15?,16?,17?,18-,19?,20?,21?/m1/s1. The molecule has 0 aliphatic carbocycles. The van der Waals surface area contributed by atoms with Crippen LogP contribution in [0.15, 0.2) is 0 Å². The zero-order valence-corrected chi connectivity index (χ0v) is 17.3. The van der Waals surface area contributed by atoms with Crippen molar-refractivity contribution in [3.05, 3.63) is 0 Å². The predicted octanol–water partition coefficient (Wildman–Crippen LogP) is 0.852. The zero-order valence-electron chi connectivity index (χ0n) is 17.3. The number of hydrogen-bond donors (Lipinski definition) is 5. The first-order valence-corrected chi connectivity index (χ1v) is 11.8. The molecule has 9 atom stereocenters. The summed E-state index contributed by atoms with van der Waals surface area (Å²) in [6.45, 7) is 4.91. The van der Waals surface area contributed by atoms with Gasteiger partial charge in [0, 0.05) is 37.4 Å². The zero-order chi connectivity index (χ0) is 19.1. The van der Waals surface area contributed by atoms with E-state index in [1.165, 1.54) is 44.9 Å². The van der Waals surface area contributed by atoms with Gasteiger partial charge in [0.05, 0.1) is 18.4 Å². The Morgan fingerprint density at radius 2 is 1.82 bits per heavy atom. The van der Waals surface area contributed by atoms with Crippen LogP contribution < -0.4 is 26.6 Å². The van der Waals surface area contributed by atoms with Crippen molar-refractivity contribution in [2.75, 3.05) is 19.8 Å². The molecule has 7 heteroatoms. The van der Waals surface area contributed by atoms with Crippen molar-refractivity contribution in [2.24, 2.45) is 5.92 Å². The Balaban J connectivity index is 1.41. The van der Waals surface area contributed by atoms with Crippen LogP contribution in [0, 0.1) is 5.92 Å². The molecular weight excluding hydrogens is 355 g/mol. The molecule has 0 spiro atoms. The van der Waals surface area contributed by atoms with E-state index in [0.29, 0.717) is 55.0 Å². The van der Waals surface area contributed by atoms with Gasteiger partial charge in [-0.1, -0.05) is 6.42 Å². The third-order valence-electron chi connectivity index (χ3n) is 8.11. The van der Waals surface area contributed by atoms with Gasteiger partial charge >= 0.3 is 0 Å². The number of alkyl halides is 1. The quantitative estimate of drug-likeness (QED) is 0.420. The summed E-state index contributed by atoms with van der Waals surface area (Å²) in [5.74, 6) is 0.452. The molecule has 0 saturated carbocycles. The van der Waals surface area contributed by atoms with Gasteiger partial charge in [-0.2, -0.15) is 0 Å². The minimum absolute atomic E-state index is 0.321. The molecule has 6 nitrogen and oxygen atoms in total. The molecule has 5 N–H and O–H groups in total. The van der Waals surface area contributed by atoms with Gasteiger partial charge in [-0.05, 0) is 64.3 Å². The van der Waals surface area contributed by atoms with Crippen LogP contribution in [0.25, 0.3) is 0 Å². The molecule has 0 aromatic carbocycles. The molecule has 5 fully saturated rings. The van der Waals surface area contributed by atoms with Crippen molar-refractivity contribution >= 4 is 0 Å². The Kier molecular flexibility index (Phi) is 5.92. The third kappa shape index (κ3) is 3.86. The fourth-order valence-corrected chi connectivity index (χ4v) is 6.76. The van der Waals surface area contributed by atoms with Crippen molar-refractivity contribution in [3.8, 4) is 0 Å². The molecular formula is C21H39FN6. The van der Waals surface area contributed by atoms with E-state index in [9.17, 15) is 4.39 Å². The second-order valence-electron chi connectivity index (χ2n) is 9.91. The summed E-state index contributed by atoms with van der Waals surface area (Å²) in [5.41, 5.74) is 0. The summed E-state index contributed by atoms with van der Waals surface area (Å²) in [6, 6.07) is 2.44. The van der Waals surface area contributed by atoms with Crippen LogP contribution in [-0.4, -0.2) is 73.4 Å². The van der Waals surface area contributed by atoms with Gasteiger partial charge in [0.1, 0.15) is 6.17 Å². The molecule has 5 rings (SSSR count). The highest BCUT2D eigenvalue weighted by atomic mass is 19.1. The lowest BCUT2D eigenvalue weighted by Gasteiger charge is -2.50. The van der Waals surface area contributed by atoms with Crippen LogP contribution in [0.1, 0.15) is 58.3 Å². The maximum Gasteiger partial charge on any atom is 0.113 e. The molecule has 160 valence electrons. The Labute approximate surface area is 169 Å². The fourth-order valence-electron chi connectivity index (χ4n) is 6.76. The van der Waals surface area contributed by atoms with Crippen molar-refractivity contribution in [1.82, 2.24) is 31.5 Å². The Morgan fingerprint density at radius 1 is 0.893 bits per heavy atom. The molecule has 7 unspecified atom stereocenters. The third-order valence-corrected chi connectivity index (χ3v) is 8.11. The average molecular weight is 395 g/mol. The minimum atomic E-state index is -0.681. The number of nitrogens with zero attached hydrogens (tertiary/aromatic N) is 1. The summed E-state index contributed by atoms with van der Waals surface area (Å²) in [4.78, 5) is 2.72. The van der Waals surface area contributed by atoms with Gasteiger partial charge in [0.15, 0.2) is 0 Å². The van der Waals surface area contributed by atoms with Crippen LogP contribution in [-0.2, 0) is 0 Å². The lowest BCUT2D eigenvalue weighted by molar-refractivity contribution is 0.0211. The van der Waals surface area contributed by atoms with Crippen molar-refractivity contribution in [3.63, 3.8) is 0 Å². The van der Waals surface area contributed by atoms with Gasteiger partial charge in [-0.25, -0.2) is 4.39 Å². The maximum absolute atomic E-state index is 14.4. The summed E-state index contributed by atoms with van der Waals surface area (Å²) in [6.07, 6.45) is 9.29. The second kappa shape index (κ2) is 8.44. The second-order valence-corrected chi connectivity index (χ2v) is 9.91. The predicted molar refractivity (Wildman–Crippen MR) is 110 cm³/mol. The normalized spacial score (nSPS) is 50.6. The number of piperidine rings is 2. The van der Waals surface area contributed by atoms with E-state index in [2.05, 4.69) is 38.4 Å². The van der Waals surface area contributed by atoms with Crippen molar-refractivity contribution in [1.29, 1.82) is 0 Å². The van der Waals surface area contributed by atoms with Crippen molar-refractivity contribution in [2.45, 2.75) is 107 Å². The molecule has 5 saturated heterocycles. The Bertz CT molecular complexity index is 535. The first-order chi connectivity index (χ1) is 13.7. The van der Waals surface area contributed by atoms with E-state index in [4.69, 9.17) is 0 Å². The van der Waals surface area contributed by atoms with Gasteiger partial charge in [-0.3, -0.25) is 26.2 Å². The lowest BCUT2D eigenvalue weighted by atomic mass is 9.80. The molecule has 0 aromatic heterocycles. The Hall–Kier alpha value is -0.310. The molecule has 28 heavy (non-hydrogen) atoms. The van der Waals surface area contributed by atoms with Crippen molar-refractivity contribution < 1.29 is 4.39 Å². The van der Waals surface area contributed by atoms with Crippen LogP contribution in [0.5, 0.6) is 0 Å². The summed E-state index contributed by atoms with van der Waals surface area (Å²) >= 11 is 0. The fraction of sp³-hybridized carbons (Fsp3) is 1.00. The van der Waals surface area contributed by atoms with E-state index >= 15 is 0 Å². The lowest BCUT2D eigenvalue weighted by Crippen LogP contribution is -2.75. The molecule has 0 amide bonds.